The zero-order chi connectivity index (χ0) is 22.5. The minimum Gasteiger partial charge on any atom is -0.330 e. The maximum absolute atomic E-state index is 14.0. The van der Waals surface area contributed by atoms with Gasteiger partial charge in [-0.05, 0) is 68.9 Å². The second-order valence-electron chi connectivity index (χ2n) is 9.22. The lowest BCUT2D eigenvalue weighted by Gasteiger charge is -2.48. The van der Waals surface area contributed by atoms with Gasteiger partial charge < -0.3 is 5.32 Å². The number of anilines is 1. The standard InChI is InChI=1S/C24H28FN5OS/c1-28(2)24(17-6-4-7-18(25)14-17)11-9-23(10-12-24)16-30(22(31)26-23)21-15-19(27-29(21)3)20-8-5-13-32-20/h4-8,13-15H,9-12,16H2,1-3H3,(H,26,31). The molecule has 168 valence electrons. The fourth-order valence-electron chi connectivity index (χ4n) is 5.35. The van der Waals surface area contributed by atoms with Crippen LogP contribution in [0.4, 0.5) is 15.0 Å². The van der Waals surface area contributed by atoms with Crippen molar-refractivity contribution < 1.29 is 9.18 Å². The molecule has 0 atom stereocenters. The summed E-state index contributed by atoms with van der Waals surface area (Å²) in [6.45, 7) is 0.613. The molecule has 0 unspecified atom stereocenters. The Morgan fingerprint density at radius 2 is 1.91 bits per heavy atom. The molecular weight excluding hydrogens is 425 g/mol. The number of aryl methyl sites for hydroxylation is 1. The molecule has 0 radical (unpaired) electrons. The maximum atomic E-state index is 14.0. The molecule has 3 aromatic rings. The van der Waals surface area contributed by atoms with Crippen LogP contribution >= 0.6 is 11.3 Å². The largest absolute Gasteiger partial charge is 0.330 e. The highest BCUT2D eigenvalue weighted by molar-refractivity contribution is 7.13. The van der Waals surface area contributed by atoms with E-state index in [0.29, 0.717) is 6.54 Å². The summed E-state index contributed by atoms with van der Waals surface area (Å²) >= 11 is 1.64. The van der Waals surface area contributed by atoms with Gasteiger partial charge in [-0.3, -0.25) is 14.5 Å². The quantitative estimate of drug-likeness (QED) is 0.629. The molecule has 0 bridgehead atoms. The summed E-state index contributed by atoms with van der Waals surface area (Å²) < 4.78 is 15.8. The zero-order valence-electron chi connectivity index (χ0n) is 18.6. The van der Waals surface area contributed by atoms with Gasteiger partial charge in [0.1, 0.15) is 17.3 Å². The molecule has 5 rings (SSSR count). The van der Waals surface area contributed by atoms with Crippen LogP contribution in [0.15, 0.2) is 47.8 Å². The van der Waals surface area contributed by atoms with E-state index in [1.54, 1.807) is 28.2 Å². The van der Waals surface area contributed by atoms with Gasteiger partial charge in [0.2, 0.25) is 0 Å². The predicted molar refractivity (Wildman–Crippen MR) is 125 cm³/mol. The minimum atomic E-state index is -0.280. The Bertz CT molecular complexity index is 1130. The average Bonchev–Trinajstić information content (AvgIpc) is 3.48. The van der Waals surface area contributed by atoms with Crippen molar-refractivity contribution >= 4 is 23.2 Å². The molecule has 2 amide bonds. The van der Waals surface area contributed by atoms with E-state index in [0.717, 1.165) is 47.6 Å². The first-order chi connectivity index (χ1) is 15.3. The van der Waals surface area contributed by atoms with Gasteiger partial charge in [-0.2, -0.15) is 5.10 Å². The minimum absolute atomic E-state index is 0.0751. The van der Waals surface area contributed by atoms with Crippen molar-refractivity contribution in [3.63, 3.8) is 0 Å². The number of hydrogen-bond acceptors (Lipinski definition) is 4. The first kappa shape index (κ1) is 21.2. The van der Waals surface area contributed by atoms with Gasteiger partial charge in [0, 0.05) is 18.7 Å². The molecule has 3 heterocycles. The number of nitrogens with one attached hydrogen (secondary N) is 1. The van der Waals surface area contributed by atoms with Crippen molar-refractivity contribution in [1.82, 2.24) is 20.0 Å². The van der Waals surface area contributed by atoms with Gasteiger partial charge in [0.05, 0.1) is 17.0 Å². The molecule has 1 N–H and O–H groups in total. The van der Waals surface area contributed by atoms with Crippen molar-refractivity contribution in [2.45, 2.75) is 36.8 Å². The topological polar surface area (TPSA) is 53.4 Å². The highest BCUT2D eigenvalue weighted by Gasteiger charge is 2.50. The number of carbonyl (C=O) groups is 1. The summed E-state index contributed by atoms with van der Waals surface area (Å²) in [7, 11) is 6.00. The molecule has 32 heavy (non-hydrogen) atoms. The summed E-state index contributed by atoms with van der Waals surface area (Å²) in [6, 6.07) is 12.9. The highest BCUT2D eigenvalue weighted by atomic mass is 32.1. The summed E-state index contributed by atoms with van der Waals surface area (Å²) in [5, 5.41) is 9.93. The Hall–Kier alpha value is -2.71. The van der Waals surface area contributed by atoms with Crippen LogP contribution in [0.1, 0.15) is 31.2 Å². The van der Waals surface area contributed by atoms with Crippen LogP contribution in [0, 0.1) is 5.82 Å². The number of hydrogen-bond donors (Lipinski definition) is 1. The number of urea groups is 1. The molecule has 1 spiro atoms. The molecule has 6 nitrogen and oxygen atoms in total. The number of thiophene rings is 1. The van der Waals surface area contributed by atoms with Crippen molar-refractivity contribution in [1.29, 1.82) is 0 Å². The average molecular weight is 454 g/mol. The van der Waals surface area contributed by atoms with E-state index in [9.17, 15) is 9.18 Å². The van der Waals surface area contributed by atoms with E-state index in [-0.39, 0.29) is 22.9 Å². The maximum Gasteiger partial charge on any atom is 0.323 e. The van der Waals surface area contributed by atoms with Gasteiger partial charge in [-0.15, -0.1) is 11.3 Å². The van der Waals surface area contributed by atoms with Crippen LogP contribution < -0.4 is 10.2 Å². The van der Waals surface area contributed by atoms with Crippen molar-refractivity contribution in [3.05, 3.63) is 59.2 Å². The molecule has 1 saturated heterocycles. The Labute approximate surface area is 191 Å². The van der Waals surface area contributed by atoms with Gasteiger partial charge in [0.15, 0.2) is 0 Å². The Morgan fingerprint density at radius 3 is 2.56 bits per heavy atom. The fourth-order valence-corrected chi connectivity index (χ4v) is 6.03. The molecule has 1 aliphatic heterocycles. The molecule has 1 aromatic carbocycles. The molecule has 2 aliphatic rings. The molecule has 1 saturated carbocycles. The SMILES string of the molecule is CN(C)C1(c2cccc(F)c2)CCC2(CC1)CN(c1cc(-c3cccs3)nn1C)C(=O)N2. The third kappa shape index (κ3) is 3.42. The molecule has 2 fully saturated rings. The van der Waals surface area contributed by atoms with Crippen LogP contribution in [0.2, 0.25) is 0 Å². The Balaban J connectivity index is 1.38. The third-order valence-corrected chi connectivity index (χ3v) is 8.13. The predicted octanol–water partition coefficient (Wildman–Crippen LogP) is 4.59. The van der Waals surface area contributed by atoms with Crippen molar-refractivity contribution in [3.8, 4) is 10.6 Å². The normalized spacial score (nSPS) is 25.7. The lowest BCUT2D eigenvalue weighted by Crippen LogP contribution is -2.54. The fraction of sp³-hybridized carbons (Fsp3) is 0.417. The lowest BCUT2D eigenvalue weighted by molar-refractivity contribution is 0.0655. The zero-order valence-corrected chi connectivity index (χ0v) is 19.5. The van der Waals surface area contributed by atoms with Crippen molar-refractivity contribution in [2.24, 2.45) is 7.05 Å². The summed E-state index contributed by atoms with van der Waals surface area (Å²) in [5.41, 5.74) is 1.38. The monoisotopic (exact) mass is 453 g/mol. The smallest absolute Gasteiger partial charge is 0.323 e. The second kappa shape index (κ2) is 7.71. The number of carbonyl (C=O) groups excluding carboxylic acids is 1. The van der Waals surface area contributed by atoms with Gasteiger partial charge >= 0.3 is 6.03 Å². The van der Waals surface area contributed by atoms with Crippen LogP contribution in [0.3, 0.4) is 0 Å². The Kier molecular flexibility index (Phi) is 5.09. The number of nitrogens with zero attached hydrogens (tertiary/aromatic N) is 4. The lowest BCUT2D eigenvalue weighted by atomic mass is 9.69. The van der Waals surface area contributed by atoms with E-state index in [2.05, 4.69) is 29.4 Å². The van der Waals surface area contributed by atoms with E-state index in [1.165, 1.54) is 6.07 Å². The molecular formula is C24H28FN5OS. The molecule has 1 aliphatic carbocycles. The number of amides is 2. The molecule has 2 aromatic heterocycles. The Morgan fingerprint density at radius 1 is 1.12 bits per heavy atom. The van der Waals surface area contributed by atoms with Crippen LogP contribution in [0.25, 0.3) is 10.6 Å². The van der Waals surface area contributed by atoms with E-state index < -0.39 is 0 Å². The first-order valence-electron chi connectivity index (χ1n) is 10.9. The first-order valence-corrected chi connectivity index (χ1v) is 11.8. The number of benzene rings is 1. The van der Waals surface area contributed by atoms with E-state index in [1.807, 2.05) is 41.6 Å². The summed E-state index contributed by atoms with van der Waals surface area (Å²) in [4.78, 5) is 18.1. The van der Waals surface area contributed by atoms with Crippen LogP contribution in [-0.2, 0) is 12.6 Å². The number of aromatic nitrogens is 2. The number of rotatable bonds is 4. The third-order valence-electron chi connectivity index (χ3n) is 7.24. The van der Waals surface area contributed by atoms with Gasteiger partial charge in [-0.1, -0.05) is 18.2 Å². The van der Waals surface area contributed by atoms with Crippen LogP contribution in [-0.4, -0.2) is 46.9 Å². The molecule has 8 heteroatoms. The van der Waals surface area contributed by atoms with E-state index in [4.69, 9.17) is 0 Å². The summed E-state index contributed by atoms with van der Waals surface area (Å²) in [6.07, 6.45) is 3.37. The van der Waals surface area contributed by atoms with Gasteiger partial charge in [-0.25, -0.2) is 9.18 Å². The summed E-state index contributed by atoms with van der Waals surface area (Å²) in [5.74, 6) is 0.597. The van der Waals surface area contributed by atoms with Crippen LogP contribution in [0.5, 0.6) is 0 Å². The van der Waals surface area contributed by atoms with E-state index >= 15 is 0 Å². The van der Waals surface area contributed by atoms with Gasteiger partial charge in [0.25, 0.3) is 0 Å². The highest BCUT2D eigenvalue weighted by Crippen LogP contribution is 2.46. The number of halogens is 1. The second-order valence-corrected chi connectivity index (χ2v) is 10.2. The van der Waals surface area contributed by atoms with Crippen molar-refractivity contribution in [2.75, 3.05) is 25.5 Å².